The Hall–Kier alpha value is -2.44. The van der Waals surface area contributed by atoms with Crippen LogP contribution < -0.4 is 11.1 Å². The van der Waals surface area contributed by atoms with Crippen molar-refractivity contribution in [3.8, 4) is 0 Å². The molecular formula is C18H25N6O2P. The van der Waals surface area contributed by atoms with Gasteiger partial charge in [-0.3, -0.25) is 4.57 Å². The predicted octanol–water partition coefficient (Wildman–Crippen LogP) is 3.07. The van der Waals surface area contributed by atoms with Crippen LogP contribution in [0, 0.1) is 0 Å². The van der Waals surface area contributed by atoms with Crippen LogP contribution in [0.1, 0.15) is 30.9 Å². The van der Waals surface area contributed by atoms with Gasteiger partial charge < -0.3 is 20.5 Å². The third kappa shape index (κ3) is 5.05. The van der Waals surface area contributed by atoms with Gasteiger partial charge in [0, 0.05) is 19.4 Å². The second kappa shape index (κ2) is 8.06. The van der Waals surface area contributed by atoms with Crippen molar-refractivity contribution in [3.63, 3.8) is 0 Å². The summed E-state index contributed by atoms with van der Waals surface area (Å²) in [5, 5.41) is 3.19. The lowest BCUT2D eigenvalue weighted by Gasteiger charge is -2.10. The highest BCUT2D eigenvalue weighted by molar-refractivity contribution is 7.56. The van der Waals surface area contributed by atoms with Crippen LogP contribution in [0.2, 0.25) is 0 Å². The average Bonchev–Trinajstić information content (AvgIpc) is 2.97. The summed E-state index contributed by atoms with van der Waals surface area (Å²) in [7, 11) is -3.11. The molecule has 0 bridgehead atoms. The second-order valence-electron chi connectivity index (χ2n) is 6.79. The van der Waals surface area contributed by atoms with Gasteiger partial charge in [-0.25, -0.2) is 4.98 Å². The number of nitrogens with one attached hydrogen (secondary N) is 1. The highest BCUT2D eigenvalue weighted by atomic mass is 31.2. The lowest BCUT2D eigenvalue weighted by Crippen LogP contribution is -2.08. The van der Waals surface area contributed by atoms with Gasteiger partial charge in [-0.15, -0.1) is 0 Å². The molecule has 4 N–H and O–H groups in total. The van der Waals surface area contributed by atoms with Crippen molar-refractivity contribution >= 4 is 30.3 Å². The Labute approximate surface area is 158 Å². The van der Waals surface area contributed by atoms with Gasteiger partial charge in [0.2, 0.25) is 13.3 Å². The fourth-order valence-corrected chi connectivity index (χ4v) is 3.77. The molecule has 8 nitrogen and oxygen atoms in total. The Morgan fingerprint density at radius 2 is 2.07 bits per heavy atom. The monoisotopic (exact) mass is 388 g/mol. The van der Waals surface area contributed by atoms with E-state index in [4.69, 9.17) is 5.73 Å². The zero-order valence-electron chi connectivity index (χ0n) is 15.6. The number of imidazole rings is 1. The molecule has 1 unspecified atom stereocenters. The van der Waals surface area contributed by atoms with Gasteiger partial charge >= 0.3 is 0 Å². The zero-order valence-corrected chi connectivity index (χ0v) is 16.5. The number of fused-ring (bicyclic) bond motifs is 1. The average molecular weight is 388 g/mol. The first-order chi connectivity index (χ1) is 12.9. The molecule has 0 aliphatic carbocycles. The molecule has 0 saturated carbocycles. The Kier molecular flexibility index (Phi) is 5.77. The van der Waals surface area contributed by atoms with E-state index < -0.39 is 7.37 Å². The van der Waals surface area contributed by atoms with Crippen LogP contribution in [0.15, 0.2) is 30.6 Å². The number of rotatable bonds is 8. The molecule has 3 aromatic rings. The van der Waals surface area contributed by atoms with Crippen LogP contribution in [-0.2, 0) is 17.3 Å². The molecular weight excluding hydrogens is 363 g/mol. The van der Waals surface area contributed by atoms with Crippen molar-refractivity contribution in [1.82, 2.24) is 19.5 Å². The summed E-state index contributed by atoms with van der Waals surface area (Å²) in [5.74, 6) is 0.842. The van der Waals surface area contributed by atoms with Gasteiger partial charge in [0.25, 0.3) is 0 Å². The molecule has 2 heterocycles. The van der Waals surface area contributed by atoms with E-state index in [0.29, 0.717) is 29.5 Å². The van der Waals surface area contributed by atoms with Crippen LogP contribution in [0.4, 0.5) is 11.8 Å². The standard InChI is InChI=1S/C18H25N6O2P/c1-3-4-8-20-18-22-16(19)15-17(23-18)24(12-21-15)10-13-6-5-7-14(9-13)11-27(2,25)26/h5-7,9,12H,3-4,8,10-11H2,1-2H3,(H,25,26)(H3,19,20,22,23). The van der Waals surface area contributed by atoms with Crippen molar-refractivity contribution in [3.05, 3.63) is 41.7 Å². The fourth-order valence-electron chi connectivity index (χ4n) is 2.90. The maximum atomic E-state index is 11.7. The number of benzene rings is 1. The molecule has 0 spiro atoms. The fraction of sp³-hybridized carbons (Fsp3) is 0.389. The Bertz CT molecular complexity index is 981. The highest BCUT2D eigenvalue weighted by Crippen LogP contribution is 2.39. The molecule has 0 aliphatic heterocycles. The number of anilines is 2. The summed E-state index contributed by atoms with van der Waals surface area (Å²) < 4.78 is 13.6. The molecule has 3 rings (SSSR count). The van der Waals surface area contributed by atoms with E-state index in [9.17, 15) is 9.46 Å². The number of aromatic nitrogens is 4. The van der Waals surface area contributed by atoms with Gasteiger partial charge in [0.1, 0.15) is 5.52 Å². The number of unbranched alkanes of at least 4 members (excludes halogenated alkanes) is 1. The van der Waals surface area contributed by atoms with Gasteiger partial charge in [-0.05, 0) is 17.5 Å². The molecule has 0 saturated heterocycles. The summed E-state index contributed by atoms with van der Waals surface area (Å²) in [4.78, 5) is 22.8. The summed E-state index contributed by atoms with van der Waals surface area (Å²) >= 11 is 0. The number of nitrogen functional groups attached to an aromatic ring is 1. The van der Waals surface area contributed by atoms with E-state index in [1.165, 1.54) is 6.66 Å². The minimum atomic E-state index is -3.11. The first-order valence-corrected chi connectivity index (χ1v) is 11.2. The van der Waals surface area contributed by atoms with Crippen molar-refractivity contribution in [1.29, 1.82) is 0 Å². The molecule has 2 aromatic heterocycles. The minimum Gasteiger partial charge on any atom is -0.382 e. The van der Waals surface area contributed by atoms with Crippen molar-refractivity contribution < 1.29 is 9.46 Å². The summed E-state index contributed by atoms with van der Waals surface area (Å²) in [6.45, 7) is 4.82. The molecule has 144 valence electrons. The SMILES string of the molecule is CCCCNc1nc(N)c2ncn(Cc3cccc(CP(C)(=O)O)c3)c2n1. The van der Waals surface area contributed by atoms with Gasteiger partial charge in [0.05, 0.1) is 12.9 Å². The van der Waals surface area contributed by atoms with Crippen LogP contribution in [0.25, 0.3) is 11.2 Å². The lowest BCUT2D eigenvalue weighted by molar-refractivity contribution is 0.484. The molecule has 27 heavy (non-hydrogen) atoms. The molecule has 0 amide bonds. The van der Waals surface area contributed by atoms with E-state index in [0.717, 1.165) is 30.5 Å². The van der Waals surface area contributed by atoms with Crippen molar-refractivity contribution in [2.45, 2.75) is 32.5 Å². The quantitative estimate of drug-likeness (QED) is 0.401. The molecule has 0 aliphatic rings. The number of hydrogen-bond acceptors (Lipinski definition) is 6. The summed E-state index contributed by atoms with van der Waals surface area (Å²) in [6, 6.07) is 7.65. The maximum Gasteiger partial charge on any atom is 0.226 e. The van der Waals surface area contributed by atoms with Crippen LogP contribution in [-0.4, -0.2) is 37.6 Å². The topological polar surface area (TPSA) is 119 Å². The van der Waals surface area contributed by atoms with E-state index in [1.54, 1.807) is 6.33 Å². The van der Waals surface area contributed by atoms with Gasteiger partial charge in [-0.2, -0.15) is 9.97 Å². The smallest absolute Gasteiger partial charge is 0.226 e. The molecule has 9 heteroatoms. The van der Waals surface area contributed by atoms with E-state index in [1.807, 2.05) is 28.8 Å². The third-order valence-electron chi connectivity index (χ3n) is 4.12. The van der Waals surface area contributed by atoms with Gasteiger partial charge in [0.15, 0.2) is 11.5 Å². The Morgan fingerprint density at radius 1 is 1.30 bits per heavy atom. The first-order valence-electron chi connectivity index (χ1n) is 8.95. The lowest BCUT2D eigenvalue weighted by atomic mass is 10.1. The summed E-state index contributed by atoms with van der Waals surface area (Å²) in [5.41, 5.74) is 9.10. The highest BCUT2D eigenvalue weighted by Gasteiger charge is 2.13. The van der Waals surface area contributed by atoms with Crippen LogP contribution in [0.3, 0.4) is 0 Å². The van der Waals surface area contributed by atoms with E-state index in [-0.39, 0.29) is 6.16 Å². The zero-order chi connectivity index (χ0) is 19.4. The Balaban J connectivity index is 1.86. The van der Waals surface area contributed by atoms with Crippen LogP contribution in [0.5, 0.6) is 0 Å². The number of nitrogens with zero attached hydrogens (tertiary/aromatic N) is 4. The summed E-state index contributed by atoms with van der Waals surface area (Å²) in [6.07, 6.45) is 3.96. The van der Waals surface area contributed by atoms with Crippen molar-refractivity contribution in [2.75, 3.05) is 24.3 Å². The minimum absolute atomic E-state index is 0.159. The second-order valence-corrected chi connectivity index (χ2v) is 9.20. The van der Waals surface area contributed by atoms with Crippen LogP contribution >= 0.6 is 7.37 Å². The van der Waals surface area contributed by atoms with E-state index >= 15 is 0 Å². The Morgan fingerprint density at radius 3 is 2.81 bits per heavy atom. The largest absolute Gasteiger partial charge is 0.382 e. The molecule has 1 atom stereocenters. The number of hydrogen-bond donors (Lipinski definition) is 3. The molecule has 0 radical (unpaired) electrons. The number of nitrogens with two attached hydrogens (primary N) is 1. The third-order valence-corrected chi connectivity index (χ3v) is 5.08. The van der Waals surface area contributed by atoms with Gasteiger partial charge in [-0.1, -0.05) is 37.6 Å². The first kappa shape index (κ1) is 19.3. The van der Waals surface area contributed by atoms with Crippen molar-refractivity contribution in [2.24, 2.45) is 0 Å². The molecule has 1 aromatic carbocycles. The molecule has 0 fully saturated rings. The van der Waals surface area contributed by atoms with E-state index in [2.05, 4.69) is 27.2 Å². The normalized spacial score (nSPS) is 13.6. The maximum absolute atomic E-state index is 11.7. The predicted molar refractivity (Wildman–Crippen MR) is 108 cm³/mol.